The van der Waals surface area contributed by atoms with Crippen molar-refractivity contribution in [3.63, 3.8) is 0 Å². The molecule has 1 aromatic heterocycles. The lowest BCUT2D eigenvalue weighted by Crippen LogP contribution is -2.41. The fraction of sp³-hybridized carbons (Fsp3) is 0.167. The number of nitrogen functional groups attached to an aromatic ring is 1. The van der Waals surface area contributed by atoms with Crippen molar-refractivity contribution in [1.82, 2.24) is 15.6 Å². The molecule has 0 spiro atoms. The number of carbonyl (C=O) groups is 1. The van der Waals surface area contributed by atoms with E-state index in [2.05, 4.69) is 15.6 Å². The van der Waals surface area contributed by atoms with E-state index < -0.39 is 0 Å². The molecule has 2 rings (SSSR count). The predicted molar refractivity (Wildman–Crippen MR) is 70.0 cm³/mol. The first kappa shape index (κ1) is 12.1. The molecule has 0 aliphatic carbocycles. The van der Waals surface area contributed by atoms with Crippen LogP contribution in [0.5, 0.6) is 0 Å². The maximum Gasteiger partial charge on any atom is 0.290 e. The third kappa shape index (κ3) is 2.05. The maximum absolute atomic E-state index is 12.3. The number of H-pyrrole nitrogens is 1. The standard InChI is InChI=1S/C12H15N5O/c1-8-10(15-16-11(8)13)12(18)17(14-2)9-6-4-3-5-7-9/h3-7,14H,1-2H3,(H3,13,15,16). The molecule has 2 aromatic rings. The molecule has 0 saturated carbocycles. The van der Waals surface area contributed by atoms with E-state index in [1.165, 1.54) is 5.01 Å². The molecule has 18 heavy (non-hydrogen) atoms. The van der Waals surface area contributed by atoms with Crippen LogP contribution in [0, 0.1) is 6.92 Å². The Labute approximate surface area is 105 Å². The van der Waals surface area contributed by atoms with E-state index in [0.717, 1.165) is 5.69 Å². The first-order valence-corrected chi connectivity index (χ1v) is 5.52. The Morgan fingerprint density at radius 3 is 2.56 bits per heavy atom. The maximum atomic E-state index is 12.3. The molecular formula is C12H15N5O. The van der Waals surface area contributed by atoms with Gasteiger partial charge in [0, 0.05) is 12.6 Å². The highest BCUT2D eigenvalue weighted by molar-refractivity contribution is 6.05. The van der Waals surface area contributed by atoms with Gasteiger partial charge in [-0.25, -0.2) is 10.4 Å². The van der Waals surface area contributed by atoms with Crippen molar-refractivity contribution in [2.45, 2.75) is 6.92 Å². The molecule has 94 valence electrons. The Morgan fingerprint density at radius 1 is 1.39 bits per heavy atom. The van der Waals surface area contributed by atoms with Gasteiger partial charge in [-0.15, -0.1) is 0 Å². The van der Waals surface area contributed by atoms with Gasteiger partial charge in [-0.05, 0) is 19.1 Å². The van der Waals surface area contributed by atoms with Gasteiger partial charge in [-0.3, -0.25) is 9.89 Å². The average Bonchev–Trinajstić information content (AvgIpc) is 2.72. The van der Waals surface area contributed by atoms with Gasteiger partial charge in [0.2, 0.25) is 0 Å². The largest absolute Gasteiger partial charge is 0.382 e. The number of para-hydroxylation sites is 1. The molecule has 6 nitrogen and oxygen atoms in total. The van der Waals surface area contributed by atoms with Gasteiger partial charge in [0.15, 0.2) is 0 Å². The summed E-state index contributed by atoms with van der Waals surface area (Å²) in [7, 11) is 1.68. The van der Waals surface area contributed by atoms with E-state index in [-0.39, 0.29) is 5.91 Å². The number of hydrogen-bond donors (Lipinski definition) is 3. The van der Waals surface area contributed by atoms with Crippen molar-refractivity contribution < 1.29 is 4.79 Å². The SMILES string of the molecule is CNN(C(=O)c1[nH]nc(N)c1C)c1ccccc1. The van der Waals surface area contributed by atoms with Crippen LogP contribution in [-0.4, -0.2) is 23.2 Å². The molecule has 0 bridgehead atoms. The summed E-state index contributed by atoms with van der Waals surface area (Å²) in [5, 5.41) is 7.91. The summed E-state index contributed by atoms with van der Waals surface area (Å²) in [4.78, 5) is 12.3. The summed E-state index contributed by atoms with van der Waals surface area (Å²) >= 11 is 0. The molecule has 0 saturated heterocycles. The van der Waals surface area contributed by atoms with Crippen LogP contribution in [0.25, 0.3) is 0 Å². The van der Waals surface area contributed by atoms with Gasteiger partial charge < -0.3 is 5.73 Å². The van der Waals surface area contributed by atoms with Crippen LogP contribution in [-0.2, 0) is 0 Å². The van der Waals surface area contributed by atoms with E-state index in [1.54, 1.807) is 14.0 Å². The summed E-state index contributed by atoms with van der Waals surface area (Å²) in [5.74, 6) is 0.105. The zero-order valence-corrected chi connectivity index (χ0v) is 10.3. The number of benzene rings is 1. The van der Waals surface area contributed by atoms with E-state index in [1.807, 2.05) is 30.3 Å². The number of nitrogens with one attached hydrogen (secondary N) is 2. The van der Waals surface area contributed by atoms with Gasteiger partial charge in [0.1, 0.15) is 11.5 Å². The molecule has 1 aromatic carbocycles. The first-order chi connectivity index (χ1) is 8.65. The van der Waals surface area contributed by atoms with Crippen LogP contribution in [0.2, 0.25) is 0 Å². The lowest BCUT2D eigenvalue weighted by atomic mass is 10.2. The minimum Gasteiger partial charge on any atom is -0.382 e. The number of nitrogens with zero attached hydrogens (tertiary/aromatic N) is 2. The van der Waals surface area contributed by atoms with Gasteiger partial charge in [0.05, 0.1) is 5.69 Å². The number of carbonyl (C=O) groups excluding carboxylic acids is 1. The second-order valence-corrected chi connectivity index (χ2v) is 3.81. The first-order valence-electron chi connectivity index (χ1n) is 5.52. The Kier molecular flexibility index (Phi) is 3.29. The number of rotatable bonds is 3. The molecule has 0 aliphatic heterocycles. The van der Waals surface area contributed by atoms with Crippen LogP contribution in [0.3, 0.4) is 0 Å². The van der Waals surface area contributed by atoms with Crippen LogP contribution in [0.4, 0.5) is 11.5 Å². The Bertz CT molecular complexity index is 549. The topological polar surface area (TPSA) is 87.0 Å². The number of anilines is 2. The monoisotopic (exact) mass is 245 g/mol. The highest BCUT2D eigenvalue weighted by atomic mass is 16.2. The average molecular weight is 245 g/mol. The molecular weight excluding hydrogens is 230 g/mol. The van der Waals surface area contributed by atoms with Crippen LogP contribution >= 0.6 is 0 Å². The number of nitrogens with two attached hydrogens (primary N) is 1. The van der Waals surface area contributed by atoms with Crippen molar-refractivity contribution >= 4 is 17.4 Å². The number of aromatic nitrogens is 2. The highest BCUT2D eigenvalue weighted by Gasteiger charge is 2.21. The summed E-state index contributed by atoms with van der Waals surface area (Å²) in [6, 6.07) is 9.29. The minimum absolute atomic E-state index is 0.231. The lowest BCUT2D eigenvalue weighted by molar-refractivity contribution is 0.0971. The minimum atomic E-state index is -0.231. The molecule has 0 radical (unpaired) electrons. The van der Waals surface area contributed by atoms with Crippen LogP contribution < -0.4 is 16.2 Å². The van der Waals surface area contributed by atoms with Gasteiger partial charge >= 0.3 is 0 Å². The summed E-state index contributed by atoms with van der Waals surface area (Å²) in [6.45, 7) is 1.75. The predicted octanol–water partition coefficient (Wildman–Crippen LogP) is 1.08. The van der Waals surface area contributed by atoms with E-state index >= 15 is 0 Å². The second kappa shape index (κ2) is 4.89. The molecule has 1 amide bonds. The normalized spacial score (nSPS) is 10.3. The fourth-order valence-corrected chi connectivity index (χ4v) is 1.66. The van der Waals surface area contributed by atoms with Crippen LogP contribution in [0.15, 0.2) is 30.3 Å². The second-order valence-electron chi connectivity index (χ2n) is 3.81. The molecule has 6 heteroatoms. The Balaban J connectivity index is 2.35. The van der Waals surface area contributed by atoms with Gasteiger partial charge in [-0.1, -0.05) is 18.2 Å². The third-order valence-corrected chi connectivity index (χ3v) is 2.70. The quantitative estimate of drug-likeness (QED) is 0.706. The van der Waals surface area contributed by atoms with Crippen molar-refractivity contribution in [3.8, 4) is 0 Å². The summed E-state index contributed by atoms with van der Waals surface area (Å²) in [5.41, 5.74) is 10.3. The molecule has 0 atom stereocenters. The van der Waals surface area contributed by atoms with E-state index in [4.69, 9.17) is 5.73 Å². The zero-order valence-electron chi connectivity index (χ0n) is 10.3. The van der Waals surface area contributed by atoms with Crippen molar-refractivity contribution in [1.29, 1.82) is 0 Å². The summed E-state index contributed by atoms with van der Waals surface area (Å²) in [6.07, 6.45) is 0. The molecule has 0 aliphatic rings. The third-order valence-electron chi connectivity index (χ3n) is 2.70. The number of hydrogen-bond acceptors (Lipinski definition) is 4. The number of amides is 1. The van der Waals surface area contributed by atoms with Crippen molar-refractivity contribution in [3.05, 3.63) is 41.6 Å². The Hall–Kier alpha value is -2.34. The number of aromatic amines is 1. The fourth-order valence-electron chi connectivity index (χ4n) is 1.66. The zero-order chi connectivity index (χ0) is 13.1. The summed E-state index contributed by atoms with van der Waals surface area (Å²) < 4.78 is 0. The van der Waals surface area contributed by atoms with Crippen molar-refractivity contribution in [2.75, 3.05) is 17.8 Å². The van der Waals surface area contributed by atoms with E-state index in [0.29, 0.717) is 17.1 Å². The smallest absolute Gasteiger partial charge is 0.290 e. The lowest BCUT2D eigenvalue weighted by Gasteiger charge is -2.20. The van der Waals surface area contributed by atoms with Gasteiger partial charge in [-0.2, -0.15) is 5.10 Å². The molecule has 1 heterocycles. The Morgan fingerprint density at radius 2 is 2.06 bits per heavy atom. The molecule has 4 N–H and O–H groups in total. The molecule has 0 unspecified atom stereocenters. The van der Waals surface area contributed by atoms with Gasteiger partial charge in [0.25, 0.3) is 5.91 Å². The number of hydrazine groups is 1. The van der Waals surface area contributed by atoms with Crippen LogP contribution in [0.1, 0.15) is 16.1 Å². The molecule has 0 fully saturated rings. The van der Waals surface area contributed by atoms with Crippen molar-refractivity contribution in [2.24, 2.45) is 0 Å². The highest BCUT2D eigenvalue weighted by Crippen LogP contribution is 2.17. The van der Waals surface area contributed by atoms with E-state index in [9.17, 15) is 4.79 Å².